The van der Waals surface area contributed by atoms with Gasteiger partial charge in [0.2, 0.25) is 11.0 Å². The molecule has 0 radical (unpaired) electrons. The monoisotopic (exact) mass is 426 g/mol. The quantitative estimate of drug-likeness (QED) is 0.393. The number of carbonyl (C=O) groups is 2. The molecule has 1 heterocycles. The van der Waals surface area contributed by atoms with E-state index in [0.717, 1.165) is 17.7 Å². The third-order valence-electron chi connectivity index (χ3n) is 4.25. The molecule has 1 aromatic heterocycles. The van der Waals surface area contributed by atoms with Gasteiger partial charge in [0, 0.05) is 11.3 Å². The molecule has 3 aromatic rings. The molecular formula is C21H22N4O2S2. The maximum atomic E-state index is 12.0. The van der Waals surface area contributed by atoms with Crippen LogP contribution in [0.25, 0.3) is 0 Å². The molecule has 6 nitrogen and oxygen atoms in total. The van der Waals surface area contributed by atoms with Crippen LogP contribution in [0.2, 0.25) is 0 Å². The van der Waals surface area contributed by atoms with E-state index in [1.807, 2.05) is 12.1 Å². The van der Waals surface area contributed by atoms with Crippen molar-refractivity contribution in [2.75, 3.05) is 17.6 Å². The fraction of sp³-hybridized carbons (Fsp3) is 0.238. The fourth-order valence-corrected chi connectivity index (χ4v) is 4.30. The summed E-state index contributed by atoms with van der Waals surface area (Å²) in [7, 11) is 0. The number of thioether (sulfide) groups is 1. The van der Waals surface area contributed by atoms with Gasteiger partial charge in [-0.2, -0.15) is 0 Å². The van der Waals surface area contributed by atoms with Crippen LogP contribution in [0.15, 0.2) is 52.9 Å². The molecule has 0 fully saturated rings. The van der Waals surface area contributed by atoms with Crippen molar-refractivity contribution in [1.29, 1.82) is 0 Å². The number of benzene rings is 2. The smallest absolute Gasteiger partial charge is 0.230 e. The molecule has 0 atom stereocenters. The zero-order valence-electron chi connectivity index (χ0n) is 16.3. The van der Waals surface area contributed by atoms with Gasteiger partial charge in [-0.1, -0.05) is 78.6 Å². The number of nitrogens with one attached hydrogen (secondary N) is 2. The first-order chi connectivity index (χ1) is 14.1. The van der Waals surface area contributed by atoms with E-state index in [4.69, 9.17) is 0 Å². The summed E-state index contributed by atoms with van der Waals surface area (Å²) in [6, 6.07) is 15.1. The van der Waals surface area contributed by atoms with E-state index in [1.165, 1.54) is 28.7 Å². The summed E-state index contributed by atoms with van der Waals surface area (Å²) in [5.74, 6) is -0.145. The number of ketones is 1. The molecule has 0 saturated heterocycles. The Morgan fingerprint density at radius 3 is 2.62 bits per heavy atom. The molecule has 0 spiro atoms. The minimum atomic E-state index is -0.212. The maximum absolute atomic E-state index is 12.0. The van der Waals surface area contributed by atoms with E-state index in [9.17, 15) is 9.59 Å². The highest BCUT2D eigenvalue weighted by Crippen LogP contribution is 2.30. The first-order valence-electron chi connectivity index (χ1n) is 9.23. The molecule has 29 heavy (non-hydrogen) atoms. The third-order valence-corrected chi connectivity index (χ3v) is 6.22. The minimum Gasteiger partial charge on any atom is -0.348 e. The van der Waals surface area contributed by atoms with Crippen LogP contribution >= 0.6 is 23.1 Å². The Bertz CT molecular complexity index is 989. The normalized spacial score (nSPS) is 10.6. The van der Waals surface area contributed by atoms with Gasteiger partial charge in [-0.3, -0.25) is 9.59 Å². The Kier molecular flexibility index (Phi) is 7.37. The van der Waals surface area contributed by atoms with Crippen LogP contribution in [-0.4, -0.2) is 34.2 Å². The molecule has 0 saturated carbocycles. The van der Waals surface area contributed by atoms with Crippen LogP contribution in [-0.2, 0) is 11.2 Å². The standard InChI is InChI=1S/C21H22N4O2S2/c1-3-15-11-7-8-14(2)19(15)23-20-24-25-21(29-20)28-13-18(27)22-12-17(26)16-9-5-4-6-10-16/h4-11H,3,12-13H2,1-2H3,(H,22,27)(H,23,24). The number of hydrogen-bond acceptors (Lipinski definition) is 7. The van der Waals surface area contributed by atoms with Gasteiger partial charge < -0.3 is 10.6 Å². The van der Waals surface area contributed by atoms with Crippen molar-refractivity contribution in [3.8, 4) is 0 Å². The van der Waals surface area contributed by atoms with Gasteiger partial charge >= 0.3 is 0 Å². The first kappa shape index (κ1) is 21.0. The highest BCUT2D eigenvalue weighted by molar-refractivity contribution is 8.01. The minimum absolute atomic E-state index is 0.0145. The lowest BCUT2D eigenvalue weighted by Gasteiger charge is -2.11. The molecule has 1 amide bonds. The summed E-state index contributed by atoms with van der Waals surface area (Å²) < 4.78 is 0.698. The number of hydrogen-bond donors (Lipinski definition) is 2. The first-order valence-corrected chi connectivity index (χ1v) is 11.0. The molecule has 3 rings (SSSR count). The summed E-state index contributed by atoms with van der Waals surface area (Å²) in [4.78, 5) is 24.1. The molecule has 0 aliphatic heterocycles. The third kappa shape index (κ3) is 5.88. The van der Waals surface area contributed by atoms with Crippen molar-refractivity contribution in [3.63, 3.8) is 0 Å². The predicted octanol–water partition coefficient (Wildman–Crippen LogP) is 4.24. The second-order valence-electron chi connectivity index (χ2n) is 6.32. The van der Waals surface area contributed by atoms with Crippen LogP contribution in [0.4, 0.5) is 10.8 Å². The van der Waals surface area contributed by atoms with Crippen molar-refractivity contribution < 1.29 is 9.59 Å². The highest BCUT2D eigenvalue weighted by Gasteiger charge is 2.12. The van der Waals surface area contributed by atoms with E-state index < -0.39 is 0 Å². The summed E-state index contributed by atoms with van der Waals surface area (Å²) in [6.45, 7) is 4.15. The van der Waals surface area contributed by atoms with Crippen LogP contribution in [0.1, 0.15) is 28.4 Å². The second kappa shape index (κ2) is 10.2. The van der Waals surface area contributed by atoms with Crippen molar-refractivity contribution in [2.24, 2.45) is 0 Å². The van der Waals surface area contributed by atoms with Gasteiger partial charge in [0.15, 0.2) is 10.1 Å². The number of anilines is 2. The molecule has 0 unspecified atom stereocenters. The molecule has 0 aliphatic carbocycles. The number of Topliss-reactive ketones (excluding diaryl/α,β-unsaturated/α-hetero) is 1. The number of carbonyl (C=O) groups excluding carboxylic acids is 2. The summed E-state index contributed by atoms with van der Waals surface area (Å²) in [5, 5.41) is 15.0. The topological polar surface area (TPSA) is 84.0 Å². The Morgan fingerprint density at radius 2 is 1.86 bits per heavy atom. The second-order valence-corrected chi connectivity index (χ2v) is 8.52. The zero-order chi connectivity index (χ0) is 20.6. The van der Waals surface area contributed by atoms with Crippen LogP contribution in [0.3, 0.4) is 0 Å². The molecule has 150 valence electrons. The van der Waals surface area contributed by atoms with Crippen molar-refractivity contribution in [1.82, 2.24) is 15.5 Å². The number of aromatic nitrogens is 2. The van der Waals surface area contributed by atoms with E-state index in [0.29, 0.717) is 15.0 Å². The van der Waals surface area contributed by atoms with Crippen LogP contribution in [0, 0.1) is 6.92 Å². The van der Waals surface area contributed by atoms with E-state index >= 15 is 0 Å². The average molecular weight is 427 g/mol. The summed E-state index contributed by atoms with van der Waals surface area (Å²) >= 11 is 2.70. The largest absolute Gasteiger partial charge is 0.348 e. The molecule has 2 N–H and O–H groups in total. The Hall–Kier alpha value is -2.71. The van der Waals surface area contributed by atoms with Crippen molar-refractivity contribution in [2.45, 2.75) is 24.6 Å². The van der Waals surface area contributed by atoms with Gasteiger partial charge in [-0.25, -0.2) is 0 Å². The SMILES string of the molecule is CCc1cccc(C)c1Nc1nnc(SCC(=O)NCC(=O)c2ccccc2)s1. The molecule has 8 heteroatoms. The van der Waals surface area contributed by atoms with Crippen molar-refractivity contribution in [3.05, 3.63) is 65.2 Å². The van der Waals surface area contributed by atoms with Gasteiger partial charge in [0.05, 0.1) is 12.3 Å². The Morgan fingerprint density at radius 1 is 1.07 bits per heavy atom. The van der Waals surface area contributed by atoms with E-state index in [-0.39, 0.29) is 24.0 Å². The summed E-state index contributed by atoms with van der Waals surface area (Å²) in [6.07, 6.45) is 0.923. The Labute approximate surface area is 178 Å². The highest BCUT2D eigenvalue weighted by atomic mass is 32.2. The maximum Gasteiger partial charge on any atom is 0.230 e. The van der Waals surface area contributed by atoms with Gasteiger partial charge in [-0.15, -0.1) is 10.2 Å². The van der Waals surface area contributed by atoms with E-state index in [1.54, 1.807) is 24.3 Å². The van der Waals surface area contributed by atoms with Gasteiger partial charge in [-0.05, 0) is 24.5 Å². The molecule has 0 bridgehead atoms. The fourth-order valence-electron chi connectivity index (χ4n) is 2.71. The molecule has 2 aromatic carbocycles. The van der Waals surface area contributed by atoms with Crippen LogP contribution < -0.4 is 10.6 Å². The van der Waals surface area contributed by atoms with Crippen molar-refractivity contribution >= 4 is 45.6 Å². The lowest BCUT2D eigenvalue weighted by molar-refractivity contribution is -0.118. The van der Waals surface area contributed by atoms with Crippen LogP contribution in [0.5, 0.6) is 0 Å². The number of nitrogens with zero attached hydrogens (tertiary/aromatic N) is 2. The lowest BCUT2D eigenvalue weighted by Crippen LogP contribution is -2.30. The summed E-state index contributed by atoms with van der Waals surface area (Å²) in [5.41, 5.74) is 4.01. The number of rotatable bonds is 9. The van der Waals surface area contributed by atoms with E-state index in [2.05, 4.69) is 46.8 Å². The predicted molar refractivity (Wildman–Crippen MR) is 118 cm³/mol. The molecular weight excluding hydrogens is 404 g/mol. The number of para-hydroxylation sites is 1. The zero-order valence-corrected chi connectivity index (χ0v) is 17.9. The van der Waals surface area contributed by atoms with Gasteiger partial charge in [0.1, 0.15) is 0 Å². The number of amides is 1. The Balaban J connectivity index is 1.49. The lowest BCUT2D eigenvalue weighted by atomic mass is 10.1. The van der Waals surface area contributed by atoms with Gasteiger partial charge in [0.25, 0.3) is 0 Å². The number of aryl methyl sites for hydroxylation is 2. The molecule has 0 aliphatic rings. The average Bonchev–Trinajstić information content (AvgIpc) is 3.20.